The lowest BCUT2D eigenvalue weighted by Crippen LogP contribution is -2.12. The molecule has 0 radical (unpaired) electrons. The number of aryl methyl sites for hydroxylation is 3. The molecular formula is C19H22INO2S. The Hall–Kier alpha value is -1.21. The van der Waals surface area contributed by atoms with Crippen LogP contribution < -0.4 is 10.1 Å². The molecule has 5 heteroatoms. The lowest BCUT2D eigenvalue weighted by Gasteiger charge is -2.15. The summed E-state index contributed by atoms with van der Waals surface area (Å²) < 4.78 is 7.19. The largest absolute Gasteiger partial charge is 0.489 e. The zero-order valence-electron chi connectivity index (χ0n) is 14.4. The van der Waals surface area contributed by atoms with Crippen molar-refractivity contribution in [3.05, 3.63) is 56.2 Å². The number of amides is 1. The van der Waals surface area contributed by atoms with Crippen LogP contribution in [-0.2, 0) is 13.0 Å². The fraction of sp³-hybridized carbons (Fsp3) is 0.316. The summed E-state index contributed by atoms with van der Waals surface area (Å²) in [6, 6.07) is 10.3. The third-order valence-corrected chi connectivity index (χ3v) is 5.87. The molecule has 2 aromatic rings. The maximum atomic E-state index is 11.7. The van der Waals surface area contributed by atoms with Crippen molar-refractivity contribution >= 4 is 39.6 Å². The molecule has 3 nitrogen and oxygen atoms in total. The molecule has 0 saturated carbocycles. The van der Waals surface area contributed by atoms with E-state index in [4.69, 9.17) is 4.74 Å². The second-order valence-corrected chi connectivity index (χ2v) is 7.72. The number of rotatable bonds is 5. The normalized spacial score (nSPS) is 10.5. The maximum Gasteiger partial charge on any atom is 0.283 e. The minimum absolute atomic E-state index is 0.0717. The first-order chi connectivity index (χ1) is 11.5. The van der Waals surface area contributed by atoms with Crippen molar-refractivity contribution < 1.29 is 9.53 Å². The van der Waals surface area contributed by atoms with Crippen LogP contribution in [0.1, 0.15) is 29.2 Å². The minimum atomic E-state index is -0.0717. The van der Waals surface area contributed by atoms with Gasteiger partial charge < -0.3 is 10.1 Å². The Kier molecular flexibility index (Phi) is 6.98. The Balaban J connectivity index is 2.23. The van der Waals surface area contributed by atoms with Crippen LogP contribution in [0.3, 0.4) is 0 Å². The molecule has 0 atom stereocenters. The van der Waals surface area contributed by atoms with Crippen LogP contribution in [-0.4, -0.2) is 12.3 Å². The van der Waals surface area contributed by atoms with E-state index in [0.717, 1.165) is 31.8 Å². The first-order valence-electron chi connectivity index (χ1n) is 7.86. The third-order valence-electron chi connectivity index (χ3n) is 3.87. The van der Waals surface area contributed by atoms with E-state index in [-0.39, 0.29) is 5.24 Å². The number of nitrogens with one attached hydrogen (secondary N) is 1. The van der Waals surface area contributed by atoms with Crippen LogP contribution in [0.15, 0.2) is 35.2 Å². The quantitative estimate of drug-likeness (QED) is 0.479. The van der Waals surface area contributed by atoms with Gasteiger partial charge >= 0.3 is 0 Å². The fourth-order valence-electron chi connectivity index (χ4n) is 2.46. The van der Waals surface area contributed by atoms with Crippen molar-refractivity contribution in [1.82, 2.24) is 5.32 Å². The van der Waals surface area contributed by atoms with Crippen LogP contribution in [0.25, 0.3) is 0 Å². The molecule has 0 saturated heterocycles. The molecule has 1 amide bonds. The SMILES string of the molecule is CCc1cc(C)c(OCc2c(I)cccc2SC(=O)NC)cc1C. The number of carbonyl (C=O) groups excluding carboxylic acids is 1. The van der Waals surface area contributed by atoms with E-state index in [1.54, 1.807) is 7.05 Å². The lowest BCUT2D eigenvalue weighted by atomic mass is 10.0. The zero-order chi connectivity index (χ0) is 17.7. The van der Waals surface area contributed by atoms with Crippen LogP contribution in [0.5, 0.6) is 5.75 Å². The van der Waals surface area contributed by atoms with Gasteiger partial charge in [0.15, 0.2) is 0 Å². The Labute approximate surface area is 161 Å². The zero-order valence-corrected chi connectivity index (χ0v) is 17.4. The van der Waals surface area contributed by atoms with Gasteiger partial charge in [-0.25, -0.2) is 0 Å². The van der Waals surface area contributed by atoms with Gasteiger partial charge in [-0.3, -0.25) is 4.79 Å². The molecule has 2 rings (SSSR count). The smallest absolute Gasteiger partial charge is 0.283 e. The van der Waals surface area contributed by atoms with Crippen LogP contribution in [0, 0.1) is 17.4 Å². The summed E-state index contributed by atoms with van der Waals surface area (Å²) in [4.78, 5) is 12.6. The van der Waals surface area contributed by atoms with Crippen molar-refractivity contribution in [2.75, 3.05) is 7.05 Å². The van der Waals surface area contributed by atoms with Crippen LogP contribution in [0.2, 0.25) is 0 Å². The Bertz CT molecular complexity index is 746. The van der Waals surface area contributed by atoms with Crippen LogP contribution >= 0.6 is 34.4 Å². The molecule has 2 aromatic carbocycles. The summed E-state index contributed by atoms with van der Waals surface area (Å²) in [6.45, 7) is 6.80. The highest BCUT2D eigenvalue weighted by Crippen LogP contribution is 2.30. The van der Waals surface area contributed by atoms with Crippen molar-refractivity contribution in [1.29, 1.82) is 0 Å². The minimum Gasteiger partial charge on any atom is -0.489 e. The topological polar surface area (TPSA) is 38.3 Å². The predicted molar refractivity (Wildman–Crippen MR) is 109 cm³/mol. The van der Waals surface area contributed by atoms with Crippen molar-refractivity contribution in [2.24, 2.45) is 0 Å². The number of hydrogen-bond acceptors (Lipinski definition) is 3. The number of ether oxygens (including phenoxy) is 1. The fourth-order valence-corrected chi connectivity index (χ4v) is 4.04. The highest BCUT2D eigenvalue weighted by Gasteiger charge is 2.13. The Morgan fingerprint density at radius 3 is 2.67 bits per heavy atom. The van der Waals surface area contributed by atoms with Gasteiger partial charge in [-0.15, -0.1) is 0 Å². The van der Waals surface area contributed by atoms with Crippen LogP contribution in [0.4, 0.5) is 4.79 Å². The molecular weight excluding hydrogens is 433 g/mol. The highest BCUT2D eigenvalue weighted by molar-refractivity contribution is 14.1. The number of thioether (sulfide) groups is 1. The van der Waals surface area contributed by atoms with E-state index < -0.39 is 0 Å². The average molecular weight is 455 g/mol. The second-order valence-electron chi connectivity index (χ2n) is 5.54. The summed E-state index contributed by atoms with van der Waals surface area (Å²) in [5, 5.41) is 2.57. The van der Waals surface area contributed by atoms with E-state index in [2.05, 4.69) is 60.8 Å². The summed E-state index contributed by atoms with van der Waals surface area (Å²) in [5.74, 6) is 0.903. The molecule has 0 spiro atoms. The first-order valence-corrected chi connectivity index (χ1v) is 9.75. The molecule has 24 heavy (non-hydrogen) atoms. The second kappa shape index (κ2) is 8.76. The lowest BCUT2D eigenvalue weighted by molar-refractivity contribution is 0.262. The van der Waals surface area contributed by atoms with Gasteiger partial charge in [-0.1, -0.05) is 19.1 Å². The Morgan fingerprint density at radius 1 is 1.25 bits per heavy atom. The van der Waals surface area contributed by atoms with Gasteiger partial charge in [0.1, 0.15) is 12.4 Å². The predicted octanol–water partition coefficient (Wildman–Crippen LogP) is 5.48. The van der Waals surface area contributed by atoms with Crippen molar-refractivity contribution in [3.63, 3.8) is 0 Å². The summed E-state index contributed by atoms with van der Waals surface area (Å²) in [6.07, 6.45) is 1.02. The van der Waals surface area contributed by atoms with Gasteiger partial charge in [0.05, 0.1) is 0 Å². The van der Waals surface area contributed by atoms with Gasteiger partial charge in [0.25, 0.3) is 5.24 Å². The van der Waals surface area contributed by atoms with E-state index >= 15 is 0 Å². The van der Waals surface area contributed by atoms with Gasteiger partial charge in [-0.05, 0) is 89.5 Å². The van der Waals surface area contributed by atoms with E-state index in [1.807, 2.05) is 18.2 Å². The molecule has 128 valence electrons. The molecule has 0 aliphatic carbocycles. The monoisotopic (exact) mass is 455 g/mol. The van der Waals surface area contributed by atoms with Crippen molar-refractivity contribution in [2.45, 2.75) is 38.7 Å². The summed E-state index contributed by atoms with van der Waals surface area (Å²) >= 11 is 3.49. The van der Waals surface area contributed by atoms with Gasteiger partial charge in [0, 0.05) is 21.1 Å². The first kappa shape index (κ1) is 19.1. The third kappa shape index (κ3) is 4.66. The molecule has 0 bridgehead atoms. The molecule has 1 N–H and O–H groups in total. The molecule has 0 fully saturated rings. The number of benzene rings is 2. The summed E-state index contributed by atoms with van der Waals surface area (Å²) in [5.41, 5.74) is 4.79. The highest BCUT2D eigenvalue weighted by atomic mass is 127. The average Bonchev–Trinajstić information content (AvgIpc) is 2.56. The number of carbonyl (C=O) groups is 1. The number of hydrogen-bond donors (Lipinski definition) is 1. The standard InChI is InChI=1S/C19H22INO2S/c1-5-14-9-13(3)17(10-12(14)2)23-11-15-16(20)7-6-8-18(15)24-19(22)21-4/h6-10H,5,11H2,1-4H3,(H,21,22). The molecule has 0 aromatic heterocycles. The van der Waals surface area contributed by atoms with Gasteiger partial charge in [0.2, 0.25) is 0 Å². The van der Waals surface area contributed by atoms with E-state index in [1.165, 1.54) is 22.9 Å². The maximum absolute atomic E-state index is 11.7. The molecule has 0 aliphatic heterocycles. The van der Waals surface area contributed by atoms with E-state index in [0.29, 0.717) is 6.61 Å². The molecule has 0 aliphatic rings. The molecule has 0 heterocycles. The molecule has 0 unspecified atom stereocenters. The van der Waals surface area contributed by atoms with E-state index in [9.17, 15) is 4.79 Å². The Morgan fingerprint density at radius 2 is 2.00 bits per heavy atom. The summed E-state index contributed by atoms with van der Waals surface area (Å²) in [7, 11) is 1.64. The van der Waals surface area contributed by atoms with Gasteiger partial charge in [-0.2, -0.15) is 0 Å². The van der Waals surface area contributed by atoms with Crippen molar-refractivity contribution in [3.8, 4) is 5.75 Å². The number of halogens is 1.